The zero-order valence-corrected chi connectivity index (χ0v) is 15.1. The van der Waals surface area contributed by atoms with Gasteiger partial charge in [0.15, 0.2) is 0 Å². The van der Waals surface area contributed by atoms with E-state index in [0.29, 0.717) is 24.8 Å². The van der Waals surface area contributed by atoms with Crippen LogP contribution < -0.4 is 15.5 Å². The van der Waals surface area contributed by atoms with Crippen molar-refractivity contribution in [2.45, 2.75) is 31.8 Å². The average molecular weight is 366 g/mol. The van der Waals surface area contributed by atoms with Crippen LogP contribution in [0.3, 0.4) is 0 Å². The highest BCUT2D eigenvalue weighted by Crippen LogP contribution is 2.24. The number of hydrogen-bond donors (Lipinski definition) is 2. The lowest BCUT2D eigenvalue weighted by Crippen LogP contribution is -2.27. The lowest BCUT2D eigenvalue weighted by molar-refractivity contribution is 0.0939. The molecule has 1 saturated carbocycles. The van der Waals surface area contributed by atoms with E-state index in [-0.39, 0.29) is 18.0 Å². The first-order valence-corrected chi connectivity index (χ1v) is 9.18. The quantitative estimate of drug-likeness (QED) is 0.821. The predicted molar refractivity (Wildman–Crippen MR) is 102 cm³/mol. The Bertz CT molecular complexity index is 849. The van der Waals surface area contributed by atoms with Crippen molar-refractivity contribution in [2.24, 2.45) is 0 Å². The number of nitrogens with zero attached hydrogens (tertiary/aromatic N) is 2. The van der Waals surface area contributed by atoms with Crippen molar-refractivity contribution in [1.29, 1.82) is 0 Å². The number of pyridine rings is 1. The SMILES string of the molecule is CC(NC(=O)c1ccc(NC2CC2)nc1)c1cccc(N2CCOC2=O)c1. The van der Waals surface area contributed by atoms with Crippen LogP contribution in [0, 0.1) is 0 Å². The third kappa shape index (κ3) is 4.02. The summed E-state index contributed by atoms with van der Waals surface area (Å²) in [5.74, 6) is 0.617. The van der Waals surface area contributed by atoms with E-state index in [0.717, 1.165) is 17.1 Å². The summed E-state index contributed by atoms with van der Waals surface area (Å²) in [6.07, 6.45) is 3.60. The molecule has 1 unspecified atom stereocenters. The molecule has 7 nitrogen and oxygen atoms in total. The van der Waals surface area contributed by atoms with Gasteiger partial charge in [-0.05, 0) is 49.6 Å². The molecular formula is C20H22N4O3. The van der Waals surface area contributed by atoms with Gasteiger partial charge < -0.3 is 15.4 Å². The van der Waals surface area contributed by atoms with Gasteiger partial charge in [-0.1, -0.05) is 12.1 Å². The van der Waals surface area contributed by atoms with E-state index in [1.165, 1.54) is 12.8 Å². The van der Waals surface area contributed by atoms with Crippen LogP contribution in [0.1, 0.15) is 41.7 Å². The fraction of sp³-hybridized carbons (Fsp3) is 0.350. The highest BCUT2D eigenvalue weighted by molar-refractivity contribution is 5.94. The number of aromatic nitrogens is 1. The Morgan fingerprint density at radius 2 is 2.15 bits per heavy atom. The van der Waals surface area contributed by atoms with Crippen molar-refractivity contribution >= 4 is 23.5 Å². The second kappa shape index (κ2) is 7.26. The number of anilines is 2. The Labute approximate surface area is 157 Å². The number of rotatable bonds is 6. The van der Waals surface area contributed by atoms with E-state index in [1.54, 1.807) is 17.2 Å². The van der Waals surface area contributed by atoms with Crippen LogP contribution in [0.2, 0.25) is 0 Å². The van der Waals surface area contributed by atoms with Gasteiger partial charge in [0, 0.05) is 17.9 Å². The number of nitrogens with one attached hydrogen (secondary N) is 2. The average Bonchev–Trinajstić information content (AvgIpc) is 3.39. The molecule has 140 valence electrons. The highest BCUT2D eigenvalue weighted by Gasteiger charge is 2.24. The summed E-state index contributed by atoms with van der Waals surface area (Å²) in [4.78, 5) is 30.1. The van der Waals surface area contributed by atoms with Crippen LogP contribution in [0.15, 0.2) is 42.6 Å². The first-order chi connectivity index (χ1) is 13.1. The summed E-state index contributed by atoms with van der Waals surface area (Å²) in [6.45, 7) is 2.85. The fourth-order valence-electron chi connectivity index (χ4n) is 3.00. The number of hydrogen-bond acceptors (Lipinski definition) is 5. The summed E-state index contributed by atoms with van der Waals surface area (Å²) in [5, 5.41) is 6.28. The van der Waals surface area contributed by atoms with E-state index < -0.39 is 0 Å². The molecule has 27 heavy (non-hydrogen) atoms. The van der Waals surface area contributed by atoms with Gasteiger partial charge in [-0.2, -0.15) is 0 Å². The third-order valence-corrected chi connectivity index (χ3v) is 4.75. The van der Waals surface area contributed by atoms with Crippen molar-refractivity contribution in [3.63, 3.8) is 0 Å². The van der Waals surface area contributed by atoms with E-state index in [1.807, 2.05) is 37.3 Å². The molecule has 2 fully saturated rings. The van der Waals surface area contributed by atoms with Crippen LogP contribution in [-0.4, -0.2) is 36.2 Å². The smallest absolute Gasteiger partial charge is 0.414 e. The summed E-state index contributed by atoms with van der Waals surface area (Å²) in [7, 11) is 0. The number of cyclic esters (lactones) is 1. The lowest BCUT2D eigenvalue weighted by atomic mass is 10.1. The van der Waals surface area contributed by atoms with E-state index in [4.69, 9.17) is 4.74 Å². The monoisotopic (exact) mass is 366 g/mol. The van der Waals surface area contributed by atoms with Gasteiger partial charge in [0.1, 0.15) is 12.4 Å². The normalized spacial score (nSPS) is 17.4. The summed E-state index contributed by atoms with van der Waals surface area (Å²) >= 11 is 0. The van der Waals surface area contributed by atoms with Crippen molar-refractivity contribution in [2.75, 3.05) is 23.4 Å². The minimum absolute atomic E-state index is 0.182. The van der Waals surface area contributed by atoms with Gasteiger partial charge in [-0.3, -0.25) is 9.69 Å². The zero-order chi connectivity index (χ0) is 18.8. The minimum Gasteiger partial charge on any atom is -0.447 e. The second-order valence-electron chi connectivity index (χ2n) is 6.91. The molecule has 2 N–H and O–H groups in total. The van der Waals surface area contributed by atoms with E-state index in [9.17, 15) is 9.59 Å². The minimum atomic E-state index is -0.338. The molecule has 1 atom stereocenters. The van der Waals surface area contributed by atoms with Gasteiger partial charge in [-0.25, -0.2) is 9.78 Å². The van der Waals surface area contributed by atoms with Gasteiger partial charge >= 0.3 is 6.09 Å². The Morgan fingerprint density at radius 1 is 1.30 bits per heavy atom. The Kier molecular flexibility index (Phi) is 4.66. The van der Waals surface area contributed by atoms with Crippen molar-refractivity contribution in [3.8, 4) is 0 Å². The van der Waals surface area contributed by atoms with Crippen molar-refractivity contribution < 1.29 is 14.3 Å². The summed E-state index contributed by atoms with van der Waals surface area (Å²) in [5.41, 5.74) is 2.20. The number of amides is 2. The molecule has 1 aromatic carbocycles. The second-order valence-corrected chi connectivity index (χ2v) is 6.91. The van der Waals surface area contributed by atoms with Gasteiger partial charge in [0.05, 0.1) is 18.2 Å². The van der Waals surface area contributed by atoms with Crippen LogP contribution in [0.4, 0.5) is 16.3 Å². The third-order valence-electron chi connectivity index (χ3n) is 4.75. The maximum absolute atomic E-state index is 12.5. The molecule has 2 aromatic rings. The molecule has 1 aromatic heterocycles. The summed E-state index contributed by atoms with van der Waals surface area (Å²) in [6, 6.07) is 11.5. The largest absolute Gasteiger partial charge is 0.447 e. The first kappa shape index (κ1) is 17.3. The Hall–Kier alpha value is -3.09. The first-order valence-electron chi connectivity index (χ1n) is 9.18. The molecule has 2 amide bonds. The van der Waals surface area contributed by atoms with E-state index in [2.05, 4.69) is 15.6 Å². The maximum Gasteiger partial charge on any atom is 0.414 e. The number of benzene rings is 1. The van der Waals surface area contributed by atoms with Gasteiger partial charge in [-0.15, -0.1) is 0 Å². The fourth-order valence-corrected chi connectivity index (χ4v) is 3.00. The topological polar surface area (TPSA) is 83.6 Å². The summed E-state index contributed by atoms with van der Waals surface area (Å²) < 4.78 is 4.99. The number of ether oxygens (including phenoxy) is 1. The van der Waals surface area contributed by atoms with Crippen LogP contribution in [0.5, 0.6) is 0 Å². The Morgan fingerprint density at radius 3 is 2.81 bits per heavy atom. The van der Waals surface area contributed by atoms with Crippen molar-refractivity contribution in [1.82, 2.24) is 10.3 Å². The predicted octanol–water partition coefficient (Wildman–Crippen LogP) is 3.10. The molecule has 7 heteroatoms. The highest BCUT2D eigenvalue weighted by atomic mass is 16.6. The zero-order valence-electron chi connectivity index (χ0n) is 15.1. The molecule has 2 heterocycles. The van der Waals surface area contributed by atoms with E-state index >= 15 is 0 Å². The number of carbonyl (C=O) groups is 2. The van der Waals surface area contributed by atoms with Crippen LogP contribution in [-0.2, 0) is 4.74 Å². The van der Waals surface area contributed by atoms with Crippen LogP contribution >= 0.6 is 0 Å². The molecule has 4 rings (SSSR count). The van der Waals surface area contributed by atoms with Gasteiger partial charge in [0.25, 0.3) is 5.91 Å². The molecule has 1 aliphatic heterocycles. The molecular weight excluding hydrogens is 344 g/mol. The molecule has 0 spiro atoms. The molecule has 0 bridgehead atoms. The van der Waals surface area contributed by atoms with Gasteiger partial charge in [0.2, 0.25) is 0 Å². The molecule has 1 saturated heterocycles. The standard InChI is InChI=1S/C20H22N4O3/c1-13(14-3-2-4-17(11-14)24-9-10-27-20(24)26)22-19(25)15-5-8-18(21-12-15)23-16-6-7-16/h2-5,8,11-13,16H,6-7,9-10H2,1H3,(H,21,23)(H,22,25). The Balaban J connectivity index is 1.41. The van der Waals surface area contributed by atoms with Crippen LogP contribution in [0.25, 0.3) is 0 Å². The molecule has 0 radical (unpaired) electrons. The molecule has 2 aliphatic rings. The number of carbonyl (C=O) groups excluding carboxylic acids is 2. The maximum atomic E-state index is 12.5. The lowest BCUT2D eigenvalue weighted by Gasteiger charge is -2.18. The van der Waals surface area contributed by atoms with Crippen molar-refractivity contribution in [3.05, 3.63) is 53.7 Å². The molecule has 1 aliphatic carbocycles.